The topological polar surface area (TPSA) is 70.7 Å². The minimum absolute atomic E-state index is 0.120. The van der Waals surface area contributed by atoms with Crippen LogP contribution in [0.25, 0.3) is 0 Å². The van der Waals surface area contributed by atoms with Crippen molar-refractivity contribution in [2.75, 3.05) is 68.8 Å². The van der Waals surface area contributed by atoms with Crippen molar-refractivity contribution in [1.29, 1.82) is 0 Å². The maximum Gasteiger partial charge on any atom is 0.203 e. The second-order valence-electron chi connectivity index (χ2n) is 7.07. The Morgan fingerprint density at radius 2 is 1.23 bits per heavy atom. The van der Waals surface area contributed by atoms with Crippen molar-refractivity contribution >= 4 is 0 Å². The zero-order chi connectivity index (χ0) is 22.4. The first-order chi connectivity index (χ1) is 15.1. The molecule has 0 aliphatic carbocycles. The van der Waals surface area contributed by atoms with Gasteiger partial charge in [-0.1, -0.05) is 0 Å². The summed E-state index contributed by atoms with van der Waals surface area (Å²) in [5, 5.41) is 3.42. The van der Waals surface area contributed by atoms with E-state index in [0.717, 1.165) is 37.3 Å². The first-order valence-corrected chi connectivity index (χ1v) is 10.2. The van der Waals surface area contributed by atoms with E-state index in [0.29, 0.717) is 34.5 Å². The standard InChI is InChI=1S/C23H32N2O6/c1-26-17-8-7-16(21(29-4)23(17)31-6)20(25-11-9-24-10-12-25)15-13-18(27-2)22(30-5)19(14-15)28-3/h7-8,13-14,20,24H,9-12H2,1-6H3. The number of hydrogen-bond donors (Lipinski definition) is 1. The smallest absolute Gasteiger partial charge is 0.203 e. The van der Waals surface area contributed by atoms with Crippen LogP contribution < -0.4 is 33.7 Å². The monoisotopic (exact) mass is 432 g/mol. The van der Waals surface area contributed by atoms with Gasteiger partial charge in [0.1, 0.15) is 0 Å². The van der Waals surface area contributed by atoms with Crippen molar-refractivity contribution in [3.05, 3.63) is 35.4 Å². The van der Waals surface area contributed by atoms with Crippen LogP contribution in [0.3, 0.4) is 0 Å². The van der Waals surface area contributed by atoms with E-state index in [4.69, 9.17) is 28.4 Å². The number of rotatable bonds is 9. The van der Waals surface area contributed by atoms with Gasteiger partial charge in [-0.15, -0.1) is 0 Å². The summed E-state index contributed by atoms with van der Waals surface area (Å²) in [6.45, 7) is 3.55. The maximum atomic E-state index is 5.83. The largest absolute Gasteiger partial charge is 0.493 e. The second-order valence-corrected chi connectivity index (χ2v) is 7.07. The fourth-order valence-corrected chi connectivity index (χ4v) is 4.13. The van der Waals surface area contributed by atoms with Crippen LogP contribution in [0, 0.1) is 0 Å². The van der Waals surface area contributed by atoms with Crippen LogP contribution in [0.4, 0.5) is 0 Å². The van der Waals surface area contributed by atoms with Crippen LogP contribution in [0.2, 0.25) is 0 Å². The number of nitrogens with zero attached hydrogens (tertiary/aromatic N) is 1. The van der Waals surface area contributed by atoms with Crippen molar-refractivity contribution < 1.29 is 28.4 Å². The molecule has 0 amide bonds. The highest BCUT2D eigenvalue weighted by atomic mass is 16.5. The summed E-state index contributed by atoms with van der Waals surface area (Å²) in [6.07, 6.45) is 0. The van der Waals surface area contributed by atoms with Gasteiger partial charge in [-0.05, 0) is 29.8 Å². The second kappa shape index (κ2) is 10.5. The third-order valence-corrected chi connectivity index (χ3v) is 5.55. The van der Waals surface area contributed by atoms with Crippen molar-refractivity contribution in [3.63, 3.8) is 0 Å². The van der Waals surface area contributed by atoms with Crippen molar-refractivity contribution in [1.82, 2.24) is 10.2 Å². The van der Waals surface area contributed by atoms with Gasteiger partial charge in [-0.2, -0.15) is 0 Å². The molecule has 1 saturated heterocycles. The molecule has 1 fully saturated rings. The van der Waals surface area contributed by atoms with E-state index < -0.39 is 0 Å². The van der Waals surface area contributed by atoms with Gasteiger partial charge in [0.25, 0.3) is 0 Å². The molecule has 1 unspecified atom stereocenters. The zero-order valence-electron chi connectivity index (χ0n) is 19.1. The molecule has 8 heteroatoms. The van der Waals surface area contributed by atoms with E-state index in [2.05, 4.69) is 10.2 Å². The molecule has 0 spiro atoms. The Balaban J connectivity index is 2.24. The van der Waals surface area contributed by atoms with Crippen molar-refractivity contribution in [3.8, 4) is 34.5 Å². The van der Waals surface area contributed by atoms with E-state index in [-0.39, 0.29) is 6.04 Å². The van der Waals surface area contributed by atoms with Crippen LogP contribution in [-0.2, 0) is 0 Å². The molecular formula is C23H32N2O6. The van der Waals surface area contributed by atoms with Crippen LogP contribution in [0.1, 0.15) is 17.2 Å². The van der Waals surface area contributed by atoms with Crippen molar-refractivity contribution in [2.45, 2.75) is 6.04 Å². The predicted octanol–water partition coefficient (Wildman–Crippen LogP) is 2.73. The Bertz CT molecular complexity index is 858. The van der Waals surface area contributed by atoms with Gasteiger partial charge in [0.2, 0.25) is 11.5 Å². The Morgan fingerprint density at radius 3 is 1.71 bits per heavy atom. The molecule has 0 saturated carbocycles. The van der Waals surface area contributed by atoms with Gasteiger partial charge in [0.15, 0.2) is 23.0 Å². The van der Waals surface area contributed by atoms with E-state index in [1.165, 1.54) is 0 Å². The fraction of sp³-hybridized carbons (Fsp3) is 0.478. The summed E-state index contributed by atoms with van der Waals surface area (Å²) in [5.74, 6) is 3.60. The average molecular weight is 433 g/mol. The van der Waals surface area contributed by atoms with Gasteiger partial charge < -0.3 is 33.7 Å². The molecule has 2 aromatic rings. The quantitative estimate of drug-likeness (QED) is 0.649. The van der Waals surface area contributed by atoms with Gasteiger partial charge in [0, 0.05) is 31.7 Å². The SMILES string of the molecule is COc1cc(C(c2ccc(OC)c(OC)c2OC)N2CCNCC2)cc(OC)c1OC. The molecule has 31 heavy (non-hydrogen) atoms. The van der Waals surface area contributed by atoms with E-state index in [9.17, 15) is 0 Å². The summed E-state index contributed by atoms with van der Waals surface area (Å²) < 4.78 is 33.7. The highest BCUT2D eigenvalue weighted by Crippen LogP contribution is 2.47. The van der Waals surface area contributed by atoms with Crippen LogP contribution >= 0.6 is 0 Å². The highest BCUT2D eigenvalue weighted by Gasteiger charge is 2.31. The number of nitrogens with one attached hydrogen (secondary N) is 1. The number of ether oxygens (including phenoxy) is 6. The number of methoxy groups -OCH3 is 6. The van der Waals surface area contributed by atoms with Crippen LogP contribution in [-0.4, -0.2) is 73.7 Å². The summed E-state index contributed by atoms with van der Waals surface area (Å²) in [5.41, 5.74) is 1.97. The van der Waals surface area contributed by atoms with Crippen molar-refractivity contribution in [2.24, 2.45) is 0 Å². The third-order valence-electron chi connectivity index (χ3n) is 5.55. The van der Waals surface area contributed by atoms with E-state index in [1.807, 2.05) is 24.3 Å². The normalized spacial score (nSPS) is 15.2. The molecule has 170 valence electrons. The molecule has 0 aromatic heterocycles. The first-order valence-electron chi connectivity index (χ1n) is 10.2. The molecule has 8 nitrogen and oxygen atoms in total. The van der Waals surface area contributed by atoms with Gasteiger partial charge in [-0.3, -0.25) is 4.90 Å². The molecular weight excluding hydrogens is 400 g/mol. The lowest BCUT2D eigenvalue weighted by atomic mass is 9.94. The Morgan fingerprint density at radius 1 is 0.677 bits per heavy atom. The first kappa shape index (κ1) is 22.8. The maximum absolute atomic E-state index is 5.83. The lowest BCUT2D eigenvalue weighted by Gasteiger charge is -2.36. The molecule has 2 aromatic carbocycles. The summed E-state index contributed by atoms with van der Waals surface area (Å²) in [6, 6.07) is 7.79. The number of piperazine rings is 1. The summed E-state index contributed by atoms with van der Waals surface area (Å²) in [4.78, 5) is 2.40. The molecule has 1 aliphatic rings. The minimum atomic E-state index is -0.120. The number of hydrogen-bond acceptors (Lipinski definition) is 8. The third kappa shape index (κ3) is 4.45. The Hall–Kier alpha value is -2.84. The molecule has 1 N–H and O–H groups in total. The highest BCUT2D eigenvalue weighted by molar-refractivity contribution is 5.60. The Labute approximate surface area is 183 Å². The van der Waals surface area contributed by atoms with Gasteiger partial charge in [-0.25, -0.2) is 0 Å². The molecule has 0 bridgehead atoms. The molecule has 1 heterocycles. The molecule has 3 rings (SSSR count). The van der Waals surface area contributed by atoms with E-state index in [1.54, 1.807) is 42.7 Å². The molecule has 1 atom stereocenters. The van der Waals surface area contributed by atoms with Gasteiger partial charge >= 0.3 is 0 Å². The van der Waals surface area contributed by atoms with Crippen LogP contribution in [0.15, 0.2) is 24.3 Å². The Kier molecular flexibility index (Phi) is 7.70. The van der Waals surface area contributed by atoms with Gasteiger partial charge in [0.05, 0.1) is 48.7 Å². The van der Waals surface area contributed by atoms with E-state index >= 15 is 0 Å². The minimum Gasteiger partial charge on any atom is -0.493 e. The molecule has 1 aliphatic heterocycles. The van der Waals surface area contributed by atoms with Crippen LogP contribution in [0.5, 0.6) is 34.5 Å². The lowest BCUT2D eigenvalue weighted by Crippen LogP contribution is -2.45. The fourth-order valence-electron chi connectivity index (χ4n) is 4.13. The summed E-state index contributed by atoms with van der Waals surface area (Å²) in [7, 11) is 9.72. The zero-order valence-corrected chi connectivity index (χ0v) is 19.1. The molecule has 0 radical (unpaired) electrons. The predicted molar refractivity (Wildman–Crippen MR) is 118 cm³/mol. The number of benzene rings is 2. The average Bonchev–Trinajstić information content (AvgIpc) is 2.83. The lowest BCUT2D eigenvalue weighted by molar-refractivity contribution is 0.193. The summed E-state index contributed by atoms with van der Waals surface area (Å²) >= 11 is 0.